The fourth-order valence-electron chi connectivity index (χ4n) is 2.39. The van der Waals surface area contributed by atoms with Crippen LogP contribution in [0.4, 0.5) is 5.69 Å². The molecule has 0 saturated heterocycles. The smallest absolute Gasteiger partial charge is 0.258 e. The molecule has 0 spiro atoms. The number of allylic oxidation sites excluding steroid dienone is 1. The molecule has 0 fully saturated rings. The first-order valence-corrected chi connectivity index (χ1v) is 9.19. The lowest BCUT2D eigenvalue weighted by Crippen LogP contribution is -1.87. The van der Waals surface area contributed by atoms with Crippen molar-refractivity contribution in [2.24, 2.45) is 0 Å². The first kappa shape index (κ1) is 18.0. The molecule has 1 heterocycles. The fraction of sp³-hybridized carbons (Fsp3) is 0.0526. The summed E-state index contributed by atoms with van der Waals surface area (Å²) >= 11 is 4.87. The number of hydrogen-bond donors (Lipinski definition) is 0. The van der Waals surface area contributed by atoms with Crippen molar-refractivity contribution in [2.75, 3.05) is 0 Å². The van der Waals surface area contributed by atoms with Gasteiger partial charge >= 0.3 is 0 Å². The maximum atomic E-state index is 10.7. The minimum atomic E-state index is -0.451. The van der Waals surface area contributed by atoms with E-state index in [9.17, 15) is 15.4 Å². The number of benzene rings is 2. The lowest BCUT2D eigenvalue weighted by atomic mass is 10.1. The number of hydrogen-bond acceptors (Lipinski definition) is 5. The Bertz CT molecular complexity index is 1030. The van der Waals surface area contributed by atoms with E-state index in [0.717, 1.165) is 20.6 Å². The molecule has 0 saturated carbocycles. The monoisotopic (exact) mass is 425 g/mol. The molecule has 0 aliphatic heterocycles. The van der Waals surface area contributed by atoms with E-state index in [-0.39, 0.29) is 5.69 Å². The topological polar surface area (TPSA) is 79.8 Å². The van der Waals surface area contributed by atoms with Crippen molar-refractivity contribution >= 4 is 44.6 Å². The molecule has 3 rings (SSSR count). The quantitative estimate of drug-likeness (QED) is 0.298. The van der Waals surface area contributed by atoms with Gasteiger partial charge in [0, 0.05) is 27.0 Å². The third-order valence-corrected chi connectivity index (χ3v) is 5.21. The lowest BCUT2D eigenvalue weighted by Gasteiger charge is -1.98. The fourth-order valence-corrected chi connectivity index (χ4v) is 3.55. The van der Waals surface area contributed by atoms with E-state index in [2.05, 4.69) is 27.0 Å². The van der Waals surface area contributed by atoms with E-state index in [1.54, 1.807) is 18.2 Å². The van der Waals surface area contributed by atoms with Crippen molar-refractivity contribution in [3.63, 3.8) is 0 Å². The second-order valence-corrected chi connectivity index (χ2v) is 7.57. The number of non-ortho nitro benzene ring substituents is 1. The first-order valence-electron chi connectivity index (χ1n) is 7.58. The van der Waals surface area contributed by atoms with Crippen LogP contribution in [0.1, 0.15) is 15.4 Å². The SMILES string of the molecule is Cc1sc(C(C#N)=Cc2ccc([N+](=O)[O-])cc2)nc1-c1ccc(Br)cc1. The molecule has 0 aliphatic carbocycles. The zero-order chi connectivity index (χ0) is 18.7. The summed E-state index contributed by atoms with van der Waals surface area (Å²) in [5.74, 6) is 0. The first-order chi connectivity index (χ1) is 12.5. The van der Waals surface area contributed by atoms with Crippen molar-refractivity contribution in [2.45, 2.75) is 6.92 Å². The van der Waals surface area contributed by atoms with Crippen molar-refractivity contribution in [1.82, 2.24) is 4.98 Å². The molecule has 0 aliphatic rings. The van der Waals surface area contributed by atoms with Crippen molar-refractivity contribution in [3.05, 3.63) is 78.6 Å². The number of thiazole rings is 1. The number of rotatable bonds is 4. The van der Waals surface area contributed by atoms with Gasteiger partial charge in [-0.1, -0.05) is 28.1 Å². The van der Waals surface area contributed by atoms with Crippen LogP contribution < -0.4 is 0 Å². The average Bonchev–Trinajstić information content (AvgIpc) is 3.02. The Kier molecular flexibility index (Phi) is 5.26. The standard InChI is InChI=1S/C19H12BrN3O2S/c1-12-18(14-4-6-16(20)7-5-14)22-19(26-12)15(11-21)10-13-2-8-17(9-3-13)23(24)25/h2-10H,1H3. The Morgan fingerprint density at radius 2 is 1.88 bits per heavy atom. The molecule has 5 nitrogen and oxygen atoms in total. The van der Waals surface area contributed by atoms with Crippen molar-refractivity contribution in [1.29, 1.82) is 5.26 Å². The van der Waals surface area contributed by atoms with Crippen LogP contribution in [0.3, 0.4) is 0 Å². The summed E-state index contributed by atoms with van der Waals surface area (Å²) < 4.78 is 0.991. The maximum Gasteiger partial charge on any atom is 0.269 e. The second-order valence-electron chi connectivity index (χ2n) is 5.45. The van der Waals surface area contributed by atoms with E-state index in [0.29, 0.717) is 16.1 Å². The van der Waals surface area contributed by atoms with Gasteiger partial charge in [-0.3, -0.25) is 10.1 Å². The van der Waals surface area contributed by atoms with Crippen LogP contribution in [0.5, 0.6) is 0 Å². The zero-order valence-corrected chi connectivity index (χ0v) is 16.0. The van der Waals surface area contributed by atoms with E-state index in [1.165, 1.54) is 23.5 Å². The van der Waals surface area contributed by atoms with Crippen LogP contribution in [-0.2, 0) is 0 Å². The van der Waals surface area contributed by atoms with Crippen LogP contribution in [0.15, 0.2) is 53.0 Å². The molecule has 0 radical (unpaired) electrons. The number of nitrogens with zero attached hydrogens (tertiary/aromatic N) is 3. The van der Waals surface area contributed by atoms with Gasteiger partial charge in [-0.15, -0.1) is 11.3 Å². The van der Waals surface area contributed by atoms with Gasteiger partial charge in [0.2, 0.25) is 0 Å². The summed E-state index contributed by atoms with van der Waals surface area (Å²) in [5, 5.41) is 20.9. The molecule has 2 aromatic carbocycles. The van der Waals surface area contributed by atoms with Crippen LogP contribution in [0.25, 0.3) is 22.9 Å². The molecule has 0 unspecified atom stereocenters. The summed E-state index contributed by atoms with van der Waals surface area (Å²) in [5.41, 5.74) is 2.99. The number of halogens is 1. The van der Waals surface area contributed by atoms with Gasteiger partial charge in [-0.25, -0.2) is 4.98 Å². The molecule has 0 amide bonds. The lowest BCUT2D eigenvalue weighted by molar-refractivity contribution is -0.384. The largest absolute Gasteiger partial charge is 0.269 e. The highest BCUT2D eigenvalue weighted by Gasteiger charge is 2.13. The van der Waals surface area contributed by atoms with E-state index in [4.69, 9.17) is 0 Å². The van der Waals surface area contributed by atoms with Crippen LogP contribution in [-0.4, -0.2) is 9.91 Å². The summed E-state index contributed by atoms with van der Waals surface area (Å²) in [7, 11) is 0. The zero-order valence-electron chi connectivity index (χ0n) is 13.6. The third-order valence-electron chi connectivity index (χ3n) is 3.68. The molecular formula is C19H12BrN3O2S. The van der Waals surface area contributed by atoms with E-state index < -0.39 is 4.92 Å². The molecule has 128 valence electrons. The van der Waals surface area contributed by atoms with Crippen LogP contribution >= 0.6 is 27.3 Å². The molecule has 3 aromatic rings. The summed E-state index contributed by atoms with van der Waals surface area (Å²) in [4.78, 5) is 15.9. The van der Waals surface area contributed by atoms with Crippen LogP contribution in [0, 0.1) is 28.4 Å². The van der Waals surface area contributed by atoms with Gasteiger partial charge in [0.05, 0.1) is 16.2 Å². The number of nitriles is 1. The number of nitro groups is 1. The second kappa shape index (κ2) is 7.60. The van der Waals surface area contributed by atoms with Crippen molar-refractivity contribution < 1.29 is 4.92 Å². The van der Waals surface area contributed by atoms with Gasteiger partial charge in [-0.05, 0) is 42.8 Å². The van der Waals surface area contributed by atoms with Gasteiger partial charge in [0.25, 0.3) is 5.69 Å². The number of nitro benzene ring substituents is 1. The Morgan fingerprint density at radius 3 is 2.46 bits per heavy atom. The van der Waals surface area contributed by atoms with Gasteiger partial charge in [0.1, 0.15) is 11.1 Å². The van der Waals surface area contributed by atoms with Gasteiger partial charge in [0.15, 0.2) is 0 Å². The van der Waals surface area contributed by atoms with E-state index >= 15 is 0 Å². The van der Waals surface area contributed by atoms with Crippen LogP contribution in [0.2, 0.25) is 0 Å². The predicted octanol–water partition coefficient (Wildman–Crippen LogP) is 5.85. The third kappa shape index (κ3) is 3.87. The molecule has 0 N–H and O–H groups in total. The van der Waals surface area contributed by atoms with Gasteiger partial charge < -0.3 is 0 Å². The van der Waals surface area contributed by atoms with E-state index in [1.807, 2.05) is 31.2 Å². The normalized spacial score (nSPS) is 11.2. The maximum absolute atomic E-state index is 10.7. The minimum Gasteiger partial charge on any atom is -0.258 e. The Labute approximate surface area is 162 Å². The molecule has 26 heavy (non-hydrogen) atoms. The van der Waals surface area contributed by atoms with Crippen molar-refractivity contribution in [3.8, 4) is 17.3 Å². The molecule has 0 bridgehead atoms. The van der Waals surface area contributed by atoms with Gasteiger partial charge in [-0.2, -0.15) is 5.26 Å². The highest BCUT2D eigenvalue weighted by Crippen LogP contribution is 2.32. The number of aryl methyl sites for hydroxylation is 1. The summed E-state index contributed by atoms with van der Waals surface area (Å²) in [6.07, 6.45) is 1.69. The summed E-state index contributed by atoms with van der Waals surface area (Å²) in [6, 6.07) is 16.1. The Balaban J connectivity index is 1.96. The molecular weight excluding hydrogens is 414 g/mol. The highest BCUT2D eigenvalue weighted by molar-refractivity contribution is 9.10. The minimum absolute atomic E-state index is 0.0169. The predicted molar refractivity (Wildman–Crippen MR) is 107 cm³/mol. The number of aromatic nitrogens is 1. The molecule has 0 atom stereocenters. The Morgan fingerprint density at radius 1 is 1.23 bits per heavy atom. The average molecular weight is 426 g/mol. The molecule has 1 aromatic heterocycles. The highest BCUT2D eigenvalue weighted by atomic mass is 79.9. The molecule has 7 heteroatoms. The Hall–Kier alpha value is -2.82. The summed E-state index contributed by atoms with van der Waals surface area (Å²) in [6.45, 7) is 1.97.